The highest BCUT2D eigenvalue weighted by Gasteiger charge is 2.30. The SMILES string of the molecule is Cc1ccc(NC(=O)Cc2csc(-c3ccc(C(F)(F)F)cc3)n2)c(O)c1. The molecular formula is C19H15F3N2O2S. The molecule has 8 heteroatoms. The summed E-state index contributed by atoms with van der Waals surface area (Å²) in [6.07, 6.45) is -4.39. The maximum atomic E-state index is 12.6. The Balaban J connectivity index is 1.68. The molecule has 0 atom stereocenters. The fourth-order valence-corrected chi connectivity index (χ4v) is 3.25. The number of thiazole rings is 1. The van der Waals surface area contributed by atoms with E-state index < -0.39 is 11.7 Å². The third kappa shape index (κ3) is 4.65. The van der Waals surface area contributed by atoms with E-state index in [2.05, 4.69) is 10.3 Å². The number of amides is 1. The van der Waals surface area contributed by atoms with Gasteiger partial charge in [-0.1, -0.05) is 18.2 Å². The second kappa shape index (κ2) is 7.40. The number of aromatic hydroxyl groups is 1. The summed E-state index contributed by atoms with van der Waals surface area (Å²) in [6, 6.07) is 9.64. The second-order valence-electron chi connectivity index (χ2n) is 5.96. The lowest BCUT2D eigenvalue weighted by Crippen LogP contribution is -2.14. The number of hydrogen-bond acceptors (Lipinski definition) is 4. The van der Waals surface area contributed by atoms with Crippen molar-refractivity contribution < 1.29 is 23.1 Å². The molecule has 0 radical (unpaired) electrons. The molecule has 1 amide bonds. The van der Waals surface area contributed by atoms with Crippen LogP contribution < -0.4 is 5.32 Å². The summed E-state index contributed by atoms with van der Waals surface area (Å²) in [5.74, 6) is -0.370. The van der Waals surface area contributed by atoms with Crippen LogP contribution in [-0.4, -0.2) is 16.0 Å². The van der Waals surface area contributed by atoms with Crippen molar-refractivity contribution in [2.24, 2.45) is 0 Å². The number of carbonyl (C=O) groups excluding carboxylic acids is 1. The fraction of sp³-hybridized carbons (Fsp3) is 0.158. The summed E-state index contributed by atoms with van der Waals surface area (Å²) < 4.78 is 37.9. The van der Waals surface area contributed by atoms with E-state index in [9.17, 15) is 23.1 Å². The third-order valence-electron chi connectivity index (χ3n) is 3.78. The molecule has 4 nitrogen and oxygen atoms in total. The molecule has 0 aliphatic heterocycles. The van der Waals surface area contributed by atoms with E-state index in [0.717, 1.165) is 17.7 Å². The van der Waals surface area contributed by atoms with Crippen molar-refractivity contribution in [1.29, 1.82) is 0 Å². The molecule has 1 aromatic heterocycles. The summed E-state index contributed by atoms with van der Waals surface area (Å²) in [4.78, 5) is 16.4. The van der Waals surface area contributed by atoms with Crippen LogP contribution in [0.4, 0.5) is 18.9 Å². The normalized spacial score (nSPS) is 11.4. The summed E-state index contributed by atoms with van der Waals surface area (Å²) in [5.41, 5.74) is 1.50. The molecule has 0 bridgehead atoms. The van der Waals surface area contributed by atoms with Crippen molar-refractivity contribution in [3.8, 4) is 16.3 Å². The van der Waals surface area contributed by atoms with Crippen LogP contribution in [0.1, 0.15) is 16.8 Å². The molecule has 0 fully saturated rings. The summed E-state index contributed by atoms with van der Waals surface area (Å²) in [6.45, 7) is 1.82. The van der Waals surface area contributed by atoms with Crippen LogP contribution in [0, 0.1) is 6.92 Å². The molecule has 2 N–H and O–H groups in total. The van der Waals surface area contributed by atoms with E-state index in [1.54, 1.807) is 23.6 Å². The van der Waals surface area contributed by atoms with Gasteiger partial charge in [0, 0.05) is 10.9 Å². The van der Waals surface area contributed by atoms with E-state index in [1.165, 1.54) is 23.5 Å². The number of nitrogens with one attached hydrogen (secondary N) is 1. The number of benzene rings is 2. The predicted octanol–water partition coefficient (Wildman–Crippen LogP) is 5.02. The average molecular weight is 392 g/mol. The minimum atomic E-state index is -4.38. The summed E-state index contributed by atoms with van der Waals surface area (Å²) in [5, 5.41) is 14.7. The molecule has 140 valence electrons. The summed E-state index contributed by atoms with van der Waals surface area (Å²) >= 11 is 1.25. The quantitative estimate of drug-likeness (QED) is 0.613. The molecule has 0 unspecified atom stereocenters. The minimum absolute atomic E-state index is 0.00947. The second-order valence-corrected chi connectivity index (χ2v) is 6.82. The number of nitrogens with zero attached hydrogens (tertiary/aromatic N) is 1. The summed E-state index contributed by atoms with van der Waals surface area (Å²) in [7, 11) is 0. The van der Waals surface area contributed by atoms with Gasteiger partial charge in [0.15, 0.2) is 0 Å². The lowest BCUT2D eigenvalue weighted by atomic mass is 10.1. The van der Waals surface area contributed by atoms with Crippen LogP contribution in [0.3, 0.4) is 0 Å². The maximum absolute atomic E-state index is 12.6. The first-order chi connectivity index (χ1) is 12.7. The van der Waals surface area contributed by atoms with Crippen molar-refractivity contribution in [1.82, 2.24) is 4.98 Å². The van der Waals surface area contributed by atoms with Crippen LogP contribution >= 0.6 is 11.3 Å². The zero-order chi connectivity index (χ0) is 19.6. The maximum Gasteiger partial charge on any atom is 0.416 e. The smallest absolute Gasteiger partial charge is 0.416 e. The first-order valence-electron chi connectivity index (χ1n) is 7.94. The Morgan fingerprint density at radius 2 is 1.89 bits per heavy atom. The third-order valence-corrected chi connectivity index (χ3v) is 4.72. The number of alkyl halides is 3. The number of aromatic nitrogens is 1. The number of halogens is 3. The zero-order valence-corrected chi connectivity index (χ0v) is 15.0. The molecule has 2 aromatic carbocycles. The number of carbonyl (C=O) groups is 1. The molecule has 0 spiro atoms. The Bertz CT molecular complexity index is 966. The Labute approximate surface area is 157 Å². The molecule has 27 heavy (non-hydrogen) atoms. The Morgan fingerprint density at radius 3 is 2.52 bits per heavy atom. The van der Waals surface area contributed by atoms with Gasteiger partial charge in [-0.2, -0.15) is 13.2 Å². The van der Waals surface area contributed by atoms with Gasteiger partial charge in [0.2, 0.25) is 5.91 Å². The van der Waals surface area contributed by atoms with Crippen LogP contribution in [0.15, 0.2) is 47.8 Å². The van der Waals surface area contributed by atoms with Gasteiger partial charge in [0.25, 0.3) is 0 Å². The molecular weight excluding hydrogens is 377 g/mol. The fourth-order valence-electron chi connectivity index (χ4n) is 2.43. The van der Waals surface area contributed by atoms with Gasteiger partial charge in [-0.05, 0) is 36.8 Å². The molecule has 3 rings (SSSR count). The van der Waals surface area contributed by atoms with Crippen molar-refractivity contribution in [2.75, 3.05) is 5.32 Å². The number of anilines is 1. The van der Waals surface area contributed by atoms with E-state index in [0.29, 0.717) is 22.0 Å². The van der Waals surface area contributed by atoms with E-state index in [-0.39, 0.29) is 18.1 Å². The van der Waals surface area contributed by atoms with Crippen molar-refractivity contribution in [2.45, 2.75) is 19.5 Å². The first-order valence-corrected chi connectivity index (χ1v) is 8.82. The minimum Gasteiger partial charge on any atom is -0.506 e. The standard InChI is InChI=1S/C19H15F3N2O2S/c1-11-2-7-15(16(25)8-11)24-17(26)9-14-10-27-18(23-14)12-3-5-13(6-4-12)19(20,21)22/h2-8,10,25H,9H2,1H3,(H,24,26). The Kier molecular flexibility index (Phi) is 5.18. The zero-order valence-electron chi connectivity index (χ0n) is 14.2. The highest BCUT2D eigenvalue weighted by Crippen LogP contribution is 2.32. The Morgan fingerprint density at radius 1 is 1.19 bits per heavy atom. The number of phenolic OH excluding ortho intramolecular Hbond substituents is 1. The van der Waals surface area contributed by atoms with Gasteiger partial charge < -0.3 is 10.4 Å². The largest absolute Gasteiger partial charge is 0.506 e. The number of rotatable bonds is 4. The van der Waals surface area contributed by atoms with Crippen LogP contribution in [0.5, 0.6) is 5.75 Å². The van der Waals surface area contributed by atoms with Crippen molar-refractivity contribution in [3.63, 3.8) is 0 Å². The lowest BCUT2D eigenvalue weighted by Gasteiger charge is -2.07. The molecule has 0 saturated heterocycles. The monoisotopic (exact) mass is 392 g/mol. The van der Waals surface area contributed by atoms with Crippen LogP contribution in [-0.2, 0) is 17.4 Å². The average Bonchev–Trinajstić information content (AvgIpc) is 3.05. The van der Waals surface area contributed by atoms with E-state index in [4.69, 9.17) is 0 Å². The van der Waals surface area contributed by atoms with E-state index >= 15 is 0 Å². The van der Waals surface area contributed by atoms with Gasteiger partial charge in [-0.15, -0.1) is 11.3 Å². The molecule has 0 aliphatic rings. The van der Waals surface area contributed by atoms with Gasteiger partial charge in [0.1, 0.15) is 10.8 Å². The predicted molar refractivity (Wildman–Crippen MR) is 97.7 cm³/mol. The highest BCUT2D eigenvalue weighted by atomic mass is 32.1. The van der Waals surface area contributed by atoms with Gasteiger partial charge in [-0.25, -0.2) is 4.98 Å². The van der Waals surface area contributed by atoms with Crippen LogP contribution in [0.25, 0.3) is 10.6 Å². The topological polar surface area (TPSA) is 62.2 Å². The number of aryl methyl sites for hydroxylation is 1. The van der Waals surface area contributed by atoms with Crippen LogP contribution in [0.2, 0.25) is 0 Å². The van der Waals surface area contributed by atoms with Gasteiger partial charge in [-0.3, -0.25) is 4.79 Å². The molecule has 0 aliphatic carbocycles. The molecule has 3 aromatic rings. The van der Waals surface area contributed by atoms with Gasteiger partial charge >= 0.3 is 6.18 Å². The number of hydrogen-bond donors (Lipinski definition) is 2. The lowest BCUT2D eigenvalue weighted by molar-refractivity contribution is -0.137. The molecule has 1 heterocycles. The van der Waals surface area contributed by atoms with Gasteiger partial charge in [0.05, 0.1) is 23.4 Å². The van der Waals surface area contributed by atoms with Crippen molar-refractivity contribution >= 4 is 22.9 Å². The first kappa shape index (κ1) is 18.9. The van der Waals surface area contributed by atoms with Crippen molar-refractivity contribution in [3.05, 3.63) is 64.7 Å². The highest BCUT2D eigenvalue weighted by molar-refractivity contribution is 7.13. The molecule has 0 saturated carbocycles. The Hall–Kier alpha value is -2.87. The van der Waals surface area contributed by atoms with E-state index in [1.807, 2.05) is 6.92 Å². The number of phenols is 1.